The Labute approximate surface area is 171 Å². The number of nitrogens with zero attached hydrogens (tertiary/aromatic N) is 3. The predicted octanol–water partition coefficient (Wildman–Crippen LogP) is 2.98. The first-order valence-electron chi connectivity index (χ1n) is 9.54. The molecule has 4 N–H and O–H groups in total. The lowest BCUT2D eigenvalue weighted by Gasteiger charge is -2.18. The molecule has 0 aliphatic heterocycles. The first-order chi connectivity index (χ1) is 14.4. The largest absolute Gasteiger partial charge is 0.507 e. The maximum atomic E-state index is 11.9. The van der Waals surface area contributed by atoms with Gasteiger partial charge < -0.3 is 15.9 Å². The molecule has 0 unspecified atom stereocenters. The molecule has 9 heteroatoms. The molecular weight excluding hydrogens is 388 g/mol. The molecule has 1 aromatic heterocycles. The fourth-order valence-electron chi connectivity index (χ4n) is 3.91. The number of aromatic nitrogens is 2. The van der Waals surface area contributed by atoms with Gasteiger partial charge in [-0.2, -0.15) is 5.10 Å². The number of aromatic carboxylic acids is 1. The molecule has 0 atom stereocenters. The van der Waals surface area contributed by atoms with Crippen molar-refractivity contribution in [3.8, 4) is 28.1 Å². The molecule has 0 saturated carbocycles. The number of non-ortho nitro benzene ring substituents is 1. The Bertz CT molecular complexity index is 1150. The third-order valence-electron chi connectivity index (χ3n) is 5.34. The number of phenolic OH excluding ortho intramolecular Hbond substituents is 1. The van der Waals surface area contributed by atoms with E-state index in [0.29, 0.717) is 54.7 Å². The van der Waals surface area contributed by atoms with E-state index < -0.39 is 10.9 Å². The van der Waals surface area contributed by atoms with E-state index in [-0.39, 0.29) is 17.1 Å². The van der Waals surface area contributed by atoms with Crippen molar-refractivity contribution in [2.24, 2.45) is 5.73 Å². The van der Waals surface area contributed by atoms with Gasteiger partial charge in [-0.3, -0.25) is 14.8 Å². The van der Waals surface area contributed by atoms with Crippen molar-refractivity contribution in [3.63, 3.8) is 0 Å². The smallest absolute Gasteiger partial charge is 0.354 e. The molecule has 0 saturated heterocycles. The topological polar surface area (TPSA) is 145 Å². The number of nitrogens with two attached hydrogens (primary N) is 1. The van der Waals surface area contributed by atoms with E-state index in [1.165, 1.54) is 16.8 Å². The fourth-order valence-corrected chi connectivity index (χ4v) is 3.91. The van der Waals surface area contributed by atoms with Crippen LogP contribution >= 0.6 is 0 Å². The van der Waals surface area contributed by atoms with E-state index >= 15 is 0 Å². The number of phenols is 1. The number of carbonyl (C=O) groups is 1. The van der Waals surface area contributed by atoms with Crippen molar-refractivity contribution >= 4 is 11.7 Å². The highest BCUT2D eigenvalue weighted by atomic mass is 16.6. The number of benzene rings is 2. The van der Waals surface area contributed by atoms with Crippen LogP contribution in [0.1, 0.15) is 28.0 Å². The third kappa shape index (κ3) is 3.29. The van der Waals surface area contributed by atoms with Crippen LogP contribution in [0.3, 0.4) is 0 Å². The van der Waals surface area contributed by atoms with Crippen molar-refractivity contribution in [2.75, 3.05) is 6.54 Å². The maximum Gasteiger partial charge on any atom is 0.354 e. The van der Waals surface area contributed by atoms with Crippen LogP contribution in [0.15, 0.2) is 36.4 Å². The van der Waals surface area contributed by atoms with E-state index in [0.717, 1.165) is 11.1 Å². The quantitative estimate of drug-likeness (QED) is 0.420. The van der Waals surface area contributed by atoms with Crippen molar-refractivity contribution in [3.05, 3.63) is 63.3 Å². The number of hydrogen-bond donors (Lipinski definition) is 3. The van der Waals surface area contributed by atoms with Gasteiger partial charge in [0.2, 0.25) is 0 Å². The first kappa shape index (κ1) is 19.6. The number of fused-ring (bicyclic) bond motifs is 3. The Kier molecular flexibility index (Phi) is 4.96. The predicted molar refractivity (Wildman–Crippen MR) is 109 cm³/mol. The molecule has 1 aliphatic rings. The van der Waals surface area contributed by atoms with Gasteiger partial charge in [-0.1, -0.05) is 0 Å². The lowest BCUT2D eigenvalue weighted by atomic mass is 9.86. The minimum atomic E-state index is -1.03. The summed E-state index contributed by atoms with van der Waals surface area (Å²) in [5, 5.41) is 35.7. The minimum Gasteiger partial charge on any atom is -0.507 e. The molecule has 30 heavy (non-hydrogen) atoms. The van der Waals surface area contributed by atoms with Crippen LogP contribution in [0.5, 0.6) is 5.75 Å². The molecule has 0 fully saturated rings. The van der Waals surface area contributed by atoms with Crippen molar-refractivity contribution in [1.29, 1.82) is 0 Å². The zero-order chi connectivity index (χ0) is 21.4. The van der Waals surface area contributed by atoms with E-state index in [9.17, 15) is 25.1 Å². The van der Waals surface area contributed by atoms with Crippen LogP contribution in [-0.4, -0.2) is 37.4 Å². The fraction of sp³-hybridized carbons (Fsp3) is 0.238. The number of aromatic hydroxyl groups is 1. The van der Waals surface area contributed by atoms with Gasteiger partial charge in [0.15, 0.2) is 0 Å². The minimum absolute atomic E-state index is 0.0387. The summed E-state index contributed by atoms with van der Waals surface area (Å²) >= 11 is 0. The van der Waals surface area contributed by atoms with Gasteiger partial charge in [0.25, 0.3) is 5.69 Å². The monoisotopic (exact) mass is 408 g/mol. The zero-order valence-electron chi connectivity index (χ0n) is 16.0. The van der Waals surface area contributed by atoms with E-state index in [2.05, 4.69) is 5.10 Å². The van der Waals surface area contributed by atoms with Gasteiger partial charge in [0, 0.05) is 35.4 Å². The summed E-state index contributed by atoms with van der Waals surface area (Å²) in [7, 11) is 0. The molecule has 2 aromatic carbocycles. The molecule has 0 spiro atoms. The molecule has 0 radical (unpaired) electrons. The Hall–Kier alpha value is -3.72. The van der Waals surface area contributed by atoms with Crippen LogP contribution in [0.2, 0.25) is 0 Å². The average molecular weight is 408 g/mol. The highest BCUT2D eigenvalue weighted by Gasteiger charge is 2.29. The van der Waals surface area contributed by atoms with Gasteiger partial charge in [-0.15, -0.1) is 0 Å². The Morgan fingerprint density at radius 3 is 2.57 bits per heavy atom. The Morgan fingerprint density at radius 2 is 1.93 bits per heavy atom. The standard InChI is InChI=1S/C21H20N4O5/c22-8-1-9-24-20(21(27)28)15-7-4-13-10-18(26)16(11-17(13)19(15)23-24)12-2-5-14(6-3-12)25(29)30/h2-3,5-6,10-11,26H,1,4,7-9,22H2,(H,27,28). The highest BCUT2D eigenvalue weighted by Crippen LogP contribution is 2.41. The van der Waals surface area contributed by atoms with Gasteiger partial charge in [-0.25, -0.2) is 4.79 Å². The Balaban J connectivity index is 1.84. The molecule has 1 aliphatic carbocycles. The van der Waals surface area contributed by atoms with Gasteiger partial charge in [-0.05, 0) is 61.2 Å². The highest BCUT2D eigenvalue weighted by molar-refractivity contribution is 5.91. The van der Waals surface area contributed by atoms with Crippen LogP contribution in [0.25, 0.3) is 22.4 Å². The number of rotatable bonds is 6. The van der Waals surface area contributed by atoms with Gasteiger partial charge in [0.05, 0.1) is 10.6 Å². The second-order valence-electron chi connectivity index (χ2n) is 7.18. The lowest BCUT2D eigenvalue weighted by Crippen LogP contribution is -2.14. The van der Waals surface area contributed by atoms with Crippen molar-refractivity contribution in [1.82, 2.24) is 9.78 Å². The summed E-state index contributed by atoms with van der Waals surface area (Å²) in [4.78, 5) is 22.3. The van der Waals surface area contributed by atoms with Gasteiger partial charge in [0.1, 0.15) is 11.4 Å². The molecule has 9 nitrogen and oxygen atoms in total. The number of carboxylic acids is 1. The molecule has 154 valence electrons. The molecule has 4 rings (SSSR count). The SMILES string of the molecule is NCCCn1nc2c(c1C(=O)O)CCc1cc(O)c(-c3ccc([N+](=O)[O-])cc3)cc1-2. The zero-order valence-corrected chi connectivity index (χ0v) is 16.0. The van der Waals surface area contributed by atoms with E-state index in [1.807, 2.05) is 0 Å². The second kappa shape index (κ2) is 7.60. The van der Waals surface area contributed by atoms with Crippen LogP contribution < -0.4 is 5.73 Å². The van der Waals surface area contributed by atoms with Gasteiger partial charge >= 0.3 is 5.97 Å². The van der Waals surface area contributed by atoms with Crippen molar-refractivity contribution < 1.29 is 19.9 Å². The summed E-state index contributed by atoms with van der Waals surface area (Å²) < 4.78 is 1.49. The number of hydrogen-bond acceptors (Lipinski definition) is 6. The summed E-state index contributed by atoms with van der Waals surface area (Å²) in [5.74, 6) is -0.967. The lowest BCUT2D eigenvalue weighted by molar-refractivity contribution is -0.384. The molecule has 0 bridgehead atoms. The summed E-state index contributed by atoms with van der Waals surface area (Å²) in [5.41, 5.74) is 9.74. The molecular formula is C21H20N4O5. The first-order valence-corrected chi connectivity index (χ1v) is 9.54. The summed E-state index contributed by atoms with van der Waals surface area (Å²) in [6.07, 6.45) is 1.71. The van der Waals surface area contributed by atoms with Crippen LogP contribution in [-0.2, 0) is 19.4 Å². The number of nitro groups is 1. The second-order valence-corrected chi connectivity index (χ2v) is 7.18. The number of carboxylic acid groups (broad SMARTS) is 1. The van der Waals surface area contributed by atoms with E-state index in [4.69, 9.17) is 5.73 Å². The third-order valence-corrected chi connectivity index (χ3v) is 5.34. The number of aryl methyl sites for hydroxylation is 2. The summed E-state index contributed by atoms with van der Waals surface area (Å²) in [6, 6.07) is 9.34. The normalized spacial score (nSPS) is 12.3. The Morgan fingerprint density at radius 1 is 1.20 bits per heavy atom. The number of nitro benzene ring substituents is 1. The molecule has 0 amide bonds. The van der Waals surface area contributed by atoms with Crippen LogP contribution in [0, 0.1) is 10.1 Å². The van der Waals surface area contributed by atoms with Crippen molar-refractivity contribution in [2.45, 2.75) is 25.8 Å². The maximum absolute atomic E-state index is 11.9. The molecule has 1 heterocycles. The molecule has 3 aromatic rings. The van der Waals surface area contributed by atoms with Crippen LogP contribution in [0.4, 0.5) is 5.69 Å². The van der Waals surface area contributed by atoms with E-state index in [1.54, 1.807) is 24.3 Å². The average Bonchev–Trinajstić information content (AvgIpc) is 3.10. The summed E-state index contributed by atoms with van der Waals surface area (Å²) in [6.45, 7) is 0.839.